The van der Waals surface area contributed by atoms with Crippen LogP contribution < -0.4 is 5.46 Å². The van der Waals surface area contributed by atoms with Crippen molar-refractivity contribution in [2.45, 2.75) is 38.9 Å². The molecule has 5 aromatic carbocycles. The number of fused-ring (bicyclic) bond motifs is 6. The third-order valence-electron chi connectivity index (χ3n) is 8.79. The molecule has 1 aliphatic rings. The Kier molecular flexibility index (Phi) is 5.30. The van der Waals surface area contributed by atoms with Crippen LogP contribution in [0.2, 0.25) is 0 Å². The molecule has 1 fully saturated rings. The van der Waals surface area contributed by atoms with Crippen molar-refractivity contribution in [2.75, 3.05) is 0 Å². The second kappa shape index (κ2) is 8.77. The number of benzene rings is 5. The molecule has 1 aliphatic heterocycles. The molecule has 0 aliphatic carbocycles. The summed E-state index contributed by atoms with van der Waals surface area (Å²) in [6.07, 6.45) is 0. The highest BCUT2D eigenvalue weighted by Crippen LogP contribution is 2.41. The molecule has 41 heavy (non-hydrogen) atoms. The minimum atomic E-state index is -0.405. The van der Waals surface area contributed by atoms with Gasteiger partial charge in [-0.05, 0) is 73.9 Å². The van der Waals surface area contributed by atoms with Crippen molar-refractivity contribution in [2.24, 2.45) is 0 Å². The van der Waals surface area contributed by atoms with E-state index < -0.39 is 7.12 Å². The number of thiophene rings is 1. The van der Waals surface area contributed by atoms with Crippen molar-refractivity contribution >= 4 is 66.0 Å². The Hall–Kier alpha value is -3.97. The minimum Gasteiger partial charge on any atom is -0.436 e. The van der Waals surface area contributed by atoms with E-state index in [1.807, 2.05) is 24.3 Å². The van der Waals surface area contributed by atoms with E-state index in [4.69, 9.17) is 18.7 Å². The van der Waals surface area contributed by atoms with Gasteiger partial charge in [-0.3, -0.25) is 0 Å². The summed E-state index contributed by atoms with van der Waals surface area (Å²) in [5, 5.41) is 4.67. The lowest BCUT2D eigenvalue weighted by atomic mass is 9.76. The number of oxazole rings is 1. The quantitative estimate of drug-likeness (QED) is 0.205. The molecule has 4 nitrogen and oxygen atoms in total. The Morgan fingerprint density at radius 3 is 2.27 bits per heavy atom. The lowest BCUT2D eigenvalue weighted by Crippen LogP contribution is -2.41. The largest absolute Gasteiger partial charge is 0.495 e. The normalized spacial score (nSPS) is 16.4. The second-order valence-electron chi connectivity index (χ2n) is 11.8. The maximum Gasteiger partial charge on any atom is 0.495 e. The van der Waals surface area contributed by atoms with E-state index in [1.54, 1.807) is 11.3 Å². The highest BCUT2D eigenvalue weighted by molar-refractivity contribution is 7.26. The van der Waals surface area contributed by atoms with Crippen LogP contribution in [-0.2, 0) is 9.31 Å². The first-order chi connectivity index (χ1) is 19.8. The Labute approximate surface area is 242 Å². The molecule has 0 spiro atoms. The van der Waals surface area contributed by atoms with Gasteiger partial charge in [0.25, 0.3) is 0 Å². The van der Waals surface area contributed by atoms with Crippen LogP contribution in [0.3, 0.4) is 0 Å². The fraction of sp³-hybridized carbons (Fsp3) is 0.171. The van der Waals surface area contributed by atoms with E-state index in [-0.39, 0.29) is 11.2 Å². The van der Waals surface area contributed by atoms with Crippen molar-refractivity contribution in [1.82, 2.24) is 4.98 Å². The molecule has 200 valence electrons. The smallest absolute Gasteiger partial charge is 0.436 e. The number of aromatic nitrogens is 1. The maximum atomic E-state index is 6.45. The number of rotatable bonds is 3. The lowest BCUT2D eigenvalue weighted by molar-refractivity contribution is 0.00578. The first-order valence-corrected chi connectivity index (χ1v) is 14.8. The monoisotopic (exact) mass is 553 g/mol. The third kappa shape index (κ3) is 3.78. The van der Waals surface area contributed by atoms with Crippen LogP contribution in [0, 0.1) is 0 Å². The topological polar surface area (TPSA) is 44.5 Å². The highest BCUT2D eigenvalue weighted by Gasteiger charge is 2.52. The summed E-state index contributed by atoms with van der Waals surface area (Å²) < 4.78 is 21.7. The van der Waals surface area contributed by atoms with Crippen molar-refractivity contribution in [3.8, 4) is 22.6 Å². The molecule has 2 aromatic heterocycles. The van der Waals surface area contributed by atoms with E-state index in [2.05, 4.69) is 100 Å². The van der Waals surface area contributed by atoms with E-state index in [0.29, 0.717) is 5.89 Å². The van der Waals surface area contributed by atoms with Gasteiger partial charge in [-0.2, -0.15) is 0 Å². The molecule has 0 unspecified atom stereocenters. The van der Waals surface area contributed by atoms with Crippen molar-refractivity contribution in [3.05, 3.63) is 97.1 Å². The van der Waals surface area contributed by atoms with Crippen molar-refractivity contribution in [1.29, 1.82) is 0 Å². The van der Waals surface area contributed by atoms with Crippen LogP contribution in [0.25, 0.3) is 64.6 Å². The van der Waals surface area contributed by atoms with Crippen molar-refractivity contribution in [3.63, 3.8) is 0 Å². The molecule has 0 bridgehead atoms. The molecule has 7 aromatic rings. The Morgan fingerprint density at radius 2 is 1.44 bits per heavy atom. The van der Waals surface area contributed by atoms with Gasteiger partial charge in [0, 0.05) is 31.1 Å². The predicted molar refractivity (Wildman–Crippen MR) is 171 cm³/mol. The van der Waals surface area contributed by atoms with E-state index in [9.17, 15) is 0 Å². The molecule has 3 heterocycles. The molecule has 0 saturated carbocycles. The van der Waals surface area contributed by atoms with Gasteiger partial charge in [-0.15, -0.1) is 11.3 Å². The molecule has 6 heteroatoms. The standard InChI is InChI=1S/C35H28BNO3S/c1-34(2)35(3,4)40-36(39-34)27-14-9-15-29-31(27)26-18-16-22(20-30(26)41-29)23-11-7-8-13-25(23)33-37-32-24-12-6-5-10-21(24)17-19-28(32)38-33/h5-20H,1-4H3. The third-order valence-corrected chi connectivity index (χ3v) is 9.91. The Morgan fingerprint density at radius 1 is 0.683 bits per heavy atom. The van der Waals surface area contributed by atoms with Crippen LogP contribution in [0.1, 0.15) is 27.7 Å². The van der Waals surface area contributed by atoms with Gasteiger partial charge in [-0.25, -0.2) is 4.98 Å². The van der Waals surface area contributed by atoms with Crippen molar-refractivity contribution < 1.29 is 13.7 Å². The van der Waals surface area contributed by atoms with E-state index >= 15 is 0 Å². The minimum absolute atomic E-state index is 0.389. The van der Waals surface area contributed by atoms with Crippen LogP contribution in [0.15, 0.2) is 101 Å². The molecule has 0 amide bonds. The summed E-state index contributed by atoms with van der Waals surface area (Å²) in [6.45, 7) is 8.40. The summed E-state index contributed by atoms with van der Waals surface area (Å²) in [5.41, 5.74) is 5.19. The summed E-state index contributed by atoms with van der Waals surface area (Å²) in [6, 6.07) is 33.9. The summed E-state index contributed by atoms with van der Waals surface area (Å²) in [4.78, 5) is 4.98. The second-order valence-corrected chi connectivity index (χ2v) is 12.9. The molecule has 1 saturated heterocycles. The highest BCUT2D eigenvalue weighted by atomic mass is 32.1. The van der Waals surface area contributed by atoms with Gasteiger partial charge in [0.05, 0.1) is 11.2 Å². The van der Waals surface area contributed by atoms with Gasteiger partial charge in [0.2, 0.25) is 5.89 Å². The first-order valence-electron chi connectivity index (χ1n) is 14.0. The van der Waals surface area contributed by atoms with Gasteiger partial charge >= 0.3 is 7.12 Å². The molecule has 0 atom stereocenters. The fourth-order valence-electron chi connectivity index (χ4n) is 5.89. The maximum absolute atomic E-state index is 6.45. The molecular weight excluding hydrogens is 525 g/mol. The lowest BCUT2D eigenvalue weighted by Gasteiger charge is -2.32. The first kappa shape index (κ1) is 24.8. The van der Waals surface area contributed by atoms with E-state index in [0.717, 1.165) is 44.0 Å². The number of hydrogen-bond donors (Lipinski definition) is 0. The average Bonchev–Trinajstić information content (AvgIpc) is 3.63. The molecule has 0 N–H and O–H groups in total. The summed E-state index contributed by atoms with van der Waals surface area (Å²) in [5.74, 6) is 0.631. The molecule has 0 radical (unpaired) electrons. The Bertz CT molecular complexity index is 2120. The van der Waals surface area contributed by atoms with Gasteiger partial charge in [0.15, 0.2) is 5.58 Å². The SMILES string of the molecule is CC1(C)OB(c2cccc3sc4cc(-c5ccccc5-c5nc6c(ccc7ccccc76)o5)ccc4c23)OC1(C)C. The van der Waals surface area contributed by atoms with Gasteiger partial charge in [0.1, 0.15) is 5.52 Å². The van der Waals surface area contributed by atoms with Crippen LogP contribution >= 0.6 is 11.3 Å². The van der Waals surface area contributed by atoms with Gasteiger partial charge in [-0.1, -0.05) is 72.8 Å². The summed E-state index contributed by atoms with van der Waals surface area (Å²) >= 11 is 1.80. The zero-order valence-corrected chi connectivity index (χ0v) is 24.2. The van der Waals surface area contributed by atoms with Crippen LogP contribution in [-0.4, -0.2) is 23.3 Å². The molecule has 8 rings (SSSR count). The fourth-order valence-corrected chi connectivity index (χ4v) is 7.06. The number of hydrogen-bond acceptors (Lipinski definition) is 5. The zero-order chi connectivity index (χ0) is 27.9. The van der Waals surface area contributed by atoms with Gasteiger partial charge < -0.3 is 13.7 Å². The number of nitrogens with zero attached hydrogens (tertiary/aromatic N) is 1. The summed E-state index contributed by atoms with van der Waals surface area (Å²) in [7, 11) is -0.405. The average molecular weight is 553 g/mol. The Balaban J connectivity index is 1.25. The molecular formula is C35H28BNO3S. The van der Waals surface area contributed by atoms with Crippen LogP contribution in [0.5, 0.6) is 0 Å². The van der Waals surface area contributed by atoms with E-state index in [1.165, 1.54) is 20.2 Å². The van der Waals surface area contributed by atoms with Crippen LogP contribution in [0.4, 0.5) is 0 Å². The zero-order valence-electron chi connectivity index (χ0n) is 23.4. The predicted octanol–water partition coefficient (Wildman–Crippen LogP) is 8.98.